The molecule has 0 saturated carbocycles. The van der Waals surface area contributed by atoms with E-state index in [0.29, 0.717) is 33.3 Å². The summed E-state index contributed by atoms with van der Waals surface area (Å²) in [6.07, 6.45) is 0. The second kappa shape index (κ2) is 10.7. The van der Waals surface area contributed by atoms with Crippen LogP contribution in [0.5, 0.6) is 0 Å². The van der Waals surface area contributed by atoms with Crippen LogP contribution < -0.4 is 20.8 Å². The van der Waals surface area contributed by atoms with Gasteiger partial charge in [-0.3, -0.25) is 24.9 Å². The van der Waals surface area contributed by atoms with E-state index in [1.807, 2.05) is 6.07 Å². The normalized spacial score (nSPS) is 13.2. The zero-order chi connectivity index (χ0) is 27.7. The van der Waals surface area contributed by atoms with Crippen LogP contribution in [-0.4, -0.2) is 27.9 Å². The Morgan fingerprint density at radius 2 is 1.72 bits per heavy atom. The van der Waals surface area contributed by atoms with E-state index in [4.69, 9.17) is 16.8 Å². The summed E-state index contributed by atoms with van der Waals surface area (Å²) < 4.78 is 0. The van der Waals surface area contributed by atoms with Gasteiger partial charge in [-0.15, -0.1) is 11.3 Å². The van der Waals surface area contributed by atoms with Crippen molar-refractivity contribution < 1.29 is 19.6 Å². The first kappa shape index (κ1) is 26.1. The summed E-state index contributed by atoms with van der Waals surface area (Å²) >= 11 is 7.45. The van der Waals surface area contributed by atoms with E-state index in [2.05, 4.69) is 15.6 Å². The van der Waals surface area contributed by atoms with Crippen LogP contribution in [0, 0.1) is 12.1 Å². The molecule has 0 radical (unpaired) electrons. The van der Waals surface area contributed by atoms with Crippen LogP contribution >= 0.6 is 22.9 Å². The molecule has 0 fully saturated rings. The highest BCUT2D eigenvalue weighted by atomic mass is 35.5. The Morgan fingerprint density at radius 3 is 2.38 bits per heavy atom. The van der Waals surface area contributed by atoms with Gasteiger partial charge in [-0.2, -0.15) is 0 Å². The van der Waals surface area contributed by atoms with Gasteiger partial charge in [0.05, 0.1) is 17.1 Å². The van der Waals surface area contributed by atoms with Gasteiger partial charge in [0, 0.05) is 22.2 Å². The third kappa shape index (κ3) is 5.24. The van der Waals surface area contributed by atoms with E-state index < -0.39 is 17.7 Å². The number of anilines is 4. The number of benzene rings is 3. The molecule has 5 rings (SSSR count). The second-order valence-electron chi connectivity index (χ2n) is 8.44. The molecule has 12 heteroatoms. The highest BCUT2D eigenvalue weighted by Gasteiger charge is 2.39. The van der Waals surface area contributed by atoms with Crippen molar-refractivity contribution in [3.63, 3.8) is 0 Å². The molecule has 10 nitrogen and oxygen atoms in total. The van der Waals surface area contributed by atoms with Crippen LogP contribution in [0.25, 0.3) is 11.3 Å². The number of aryl methyl sites for hydroxylation is 1. The molecule has 0 spiro atoms. The lowest BCUT2D eigenvalue weighted by molar-refractivity contribution is -0.120. The van der Waals surface area contributed by atoms with Gasteiger partial charge in [0.15, 0.2) is 5.13 Å². The minimum Gasteiger partial charge on any atom is -0.733 e. The number of hydrogen-bond donors (Lipinski definition) is 3. The van der Waals surface area contributed by atoms with E-state index in [9.17, 15) is 19.6 Å². The summed E-state index contributed by atoms with van der Waals surface area (Å²) in [6.45, 7) is 1.79. The average molecular weight is 561 g/mol. The van der Waals surface area contributed by atoms with Crippen LogP contribution in [0.1, 0.15) is 15.9 Å². The fraction of sp³-hybridized carbons (Fsp3) is 0.0370. The van der Waals surface area contributed by atoms with Crippen molar-refractivity contribution in [2.75, 3.05) is 20.8 Å². The lowest BCUT2D eigenvalue weighted by Crippen LogP contribution is -2.32. The Hall–Kier alpha value is -4.55. The Labute approximate surface area is 231 Å². The smallest absolute Gasteiger partial charge is 0.283 e. The van der Waals surface area contributed by atoms with Crippen molar-refractivity contribution in [2.24, 2.45) is 0 Å². The number of aromatic nitrogens is 1. The highest BCUT2D eigenvalue weighted by molar-refractivity contribution is 7.14. The molecule has 1 aliphatic rings. The maximum absolute atomic E-state index is 13.0. The Morgan fingerprint density at radius 1 is 1.03 bits per heavy atom. The molecule has 3 N–H and O–H groups in total. The van der Waals surface area contributed by atoms with Gasteiger partial charge in [-0.25, -0.2) is 9.88 Å². The Balaban J connectivity index is 1.25. The number of nitrogens with one attached hydrogen (secondary N) is 2. The second-order valence-corrected chi connectivity index (χ2v) is 9.67. The third-order valence-corrected chi connectivity index (χ3v) is 7.02. The lowest BCUT2D eigenvalue weighted by atomic mass is 10.1. The number of rotatable bonds is 7. The number of halogens is 1. The number of amides is 3. The largest absolute Gasteiger partial charge is 0.733 e. The van der Waals surface area contributed by atoms with E-state index in [1.54, 1.807) is 66.9 Å². The van der Waals surface area contributed by atoms with Crippen molar-refractivity contribution in [2.45, 2.75) is 6.92 Å². The lowest BCUT2D eigenvalue weighted by Gasteiger charge is -2.21. The predicted molar refractivity (Wildman–Crippen MR) is 150 cm³/mol. The van der Waals surface area contributed by atoms with Gasteiger partial charge >= 0.3 is 0 Å². The van der Waals surface area contributed by atoms with Crippen molar-refractivity contribution in [1.29, 1.82) is 0 Å². The molecule has 0 aliphatic carbocycles. The first-order valence-electron chi connectivity index (χ1n) is 11.5. The number of para-hydroxylation sites is 1. The van der Waals surface area contributed by atoms with Crippen molar-refractivity contribution >= 4 is 62.9 Å². The third-order valence-electron chi connectivity index (χ3n) is 5.91. The summed E-state index contributed by atoms with van der Waals surface area (Å²) in [6, 6.07) is 19.5. The van der Waals surface area contributed by atoms with Gasteiger partial charge in [0.2, 0.25) is 0 Å². The molecule has 1 aliphatic heterocycles. The summed E-state index contributed by atoms with van der Waals surface area (Å²) in [5, 5.41) is 27.2. The van der Waals surface area contributed by atoms with E-state index in [-0.39, 0.29) is 21.6 Å². The van der Waals surface area contributed by atoms with E-state index in [0.717, 1.165) is 10.5 Å². The van der Waals surface area contributed by atoms with Crippen LogP contribution in [0.4, 0.5) is 22.2 Å². The fourth-order valence-corrected chi connectivity index (χ4v) is 4.81. The molecule has 3 amide bonds. The van der Waals surface area contributed by atoms with E-state index >= 15 is 0 Å². The molecule has 39 heavy (non-hydrogen) atoms. The molecule has 3 aromatic carbocycles. The van der Waals surface area contributed by atoms with Crippen LogP contribution in [-0.2, 0) is 9.59 Å². The quantitative estimate of drug-likeness (QED) is 0.199. The van der Waals surface area contributed by atoms with Crippen LogP contribution in [0.3, 0.4) is 0 Å². The van der Waals surface area contributed by atoms with Gasteiger partial charge < -0.3 is 15.8 Å². The van der Waals surface area contributed by atoms with Gasteiger partial charge in [-0.05, 0) is 55.0 Å². The highest BCUT2D eigenvalue weighted by Crippen LogP contribution is 2.32. The van der Waals surface area contributed by atoms with Gasteiger partial charge in [0.25, 0.3) is 17.7 Å². The Bertz CT molecular complexity index is 1620. The molecule has 2 heterocycles. The summed E-state index contributed by atoms with van der Waals surface area (Å²) in [5.74, 6) is -1.58. The van der Waals surface area contributed by atoms with E-state index in [1.165, 1.54) is 23.5 Å². The zero-order valence-electron chi connectivity index (χ0n) is 20.2. The SMILES string of the molecule is Cc1ccccc1N1C(=O)C(Cl)=C(Nc2ccc(C(=O)Nc3nc(-c4ccc(N([O-])O)cc4)cs3)cc2)C1=O. The summed E-state index contributed by atoms with van der Waals surface area (Å²) in [4.78, 5) is 43.9. The monoisotopic (exact) mass is 560 g/mol. The summed E-state index contributed by atoms with van der Waals surface area (Å²) in [7, 11) is 0. The minimum atomic E-state index is -0.617. The molecule has 0 unspecified atom stereocenters. The predicted octanol–water partition coefficient (Wildman–Crippen LogP) is 5.50. The zero-order valence-corrected chi connectivity index (χ0v) is 21.8. The summed E-state index contributed by atoms with van der Waals surface area (Å²) in [5.41, 5.74) is 3.36. The molecular weight excluding hydrogens is 542 g/mol. The standard InChI is InChI=1S/C27H19ClN5O5S/c1-15-4-2-3-5-21(15)32-25(35)22(28)23(26(32)36)29-18-10-6-17(7-11-18)24(34)31-27-30-20(14-39-27)16-8-12-19(13-9-16)33(37)38/h2-14,29,37H,1H3,(H,30,31,34)/q-1. The molecule has 0 atom stereocenters. The molecule has 4 aromatic rings. The molecule has 1 aromatic heterocycles. The molecular formula is C27H19ClN5O5S-. The van der Waals surface area contributed by atoms with Crippen molar-refractivity contribution in [3.05, 3.63) is 105 Å². The molecule has 0 saturated heterocycles. The minimum absolute atomic E-state index is 0.0487. The van der Waals surface area contributed by atoms with Gasteiger partial charge in [-0.1, -0.05) is 41.9 Å². The maximum atomic E-state index is 13.0. The molecule has 196 valence electrons. The fourth-order valence-electron chi connectivity index (χ4n) is 3.89. The van der Waals surface area contributed by atoms with Crippen molar-refractivity contribution in [1.82, 2.24) is 4.98 Å². The number of hydrogen-bond acceptors (Lipinski definition) is 9. The number of thiazole rings is 1. The first-order valence-corrected chi connectivity index (χ1v) is 12.7. The first-order chi connectivity index (χ1) is 18.7. The number of carbonyl (C=O) groups is 3. The Kier molecular flexibility index (Phi) is 7.13. The topological polar surface area (TPSA) is 138 Å². The maximum Gasteiger partial charge on any atom is 0.283 e. The number of imide groups is 1. The molecule has 0 bridgehead atoms. The van der Waals surface area contributed by atoms with Crippen LogP contribution in [0.15, 0.2) is 88.9 Å². The van der Waals surface area contributed by atoms with Crippen molar-refractivity contribution in [3.8, 4) is 11.3 Å². The number of nitrogens with zero attached hydrogens (tertiary/aromatic N) is 3. The number of carbonyl (C=O) groups excluding carboxylic acids is 3. The average Bonchev–Trinajstić information content (AvgIpc) is 3.48. The van der Waals surface area contributed by atoms with Crippen LogP contribution in [0.2, 0.25) is 0 Å². The van der Waals surface area contributed by atoms with Gasteiger partial charge in [0.1, 0.15) is 10.7 Å².